The van der Waals surface area contributed by atoms with Gasteiger partial charge in [0.25, 0.3) is 0 Å². The monoisotopic (exact) mass is 437 g/mol. The Morgan fingerprint density at radius 3 is 2.69 bits per heavy atom. The maximum atomic E-state index is 14.3. The largest absolute Gasteiger partial charge is 0.495 e. The molecule has 0 bridgehead atoms. The number of benzene rings is 2. The van der Waals surface area contributed by atoms with Crippen LogP contribution in [0.3, 0.4) is 0 Å². The molecule has 1 saturated heterocycles. The van der Waals surface area contributed by atoms with Crippen molar-refractivity contribution in [2.45, 2.75) is 32.7 Å². The molecule has 2 aromatic carbocycles. The third-order valence-corrected chi connectivity index (χ3v) is 5.80. The van der Waals surface area contributed by atoms with E-state index in [0.717, 1.165) is 29.4 Å². The van der Waals surface area contributed by atoms with E-state index in [-0.39, 0.29) is 5.91 Å². The molecule has 0 unspecified atom stereocenters. The van der Waals surface area contributed by atoms with Crippen molar-refractivity contribution < 1.29 is 18.3 Å². The fourth-order valence-electron chi connectivity index (χ4n) is 4.10. The number of nitrogens with zero attached hydrogens (tertiary/aromatic N) is 3. The van der Waals surface area contributed by atoms with Crippen LogP contribution in [-0.2, 0) is 4.79 Å². The van der Waals surface area contributed by atoms with Gasteiger partial charge >= 0.3 is 0 Å². The SMILES string of the molecule is COc1cc(/C=C2\CCCN([C@H](C)c3ccc(F)cc3F)C2=O)ccc1-n1cnc(C)c1. The van der Waals surface area contributed by atoms with E-state index in [2.05, 4.69) is 4.98 Å². The van der Waals surface area contributed by atoms with Gasteiger partial charge in [-0.2, -0.15) is 0 Å². The van der Waals surface area contributed by atoms with E-state index < -0.39 is 17.7 Å². The van der Waals surface area contributed by atoms with E-state index in [1.54, 1.807) is 25.3 Å². The quantitative estimate of drug-likeness (QED) is 0.513. The lowest BCUT2D eigenvalue weighted by Gasteiger charge is -2.34. The van der Waals surface area contributed by atoms with Crippen LogP contribution in [0, 0.1) is 18.6 Å². The van der Waals surface area contributed by atoms with Crippen LogP contribution >= 0.6 is 0 Å². The van der Waals surface area contributed by atoms with E-state index in [4.69, 9.17) is 4.74 Å². The van der Waals surface area contributed by atoms with Crippen LogP contribution in [-0.4, -0.2) is 34.0 Å². The van der Waals surface area contributed by atoms with E-state index in [1.165, 1.54) is 12.1 Å². The molecular formula is C25H25F2N3O2. The first kappa shape index (κ1) is 21.7. The van der Waals surface area contributed by atoms with Gasteiger partial charge in [0.2, 0.25) is 5.91 Å². The smallest absolute Gasteiger partial charge is 0.250 e. The van der Waals surface area contributed by atoms with Crippen molar-refractivity contribution >= 4 is 12.0 Å². The molecule has 2 heterocycles. The lowest BCUT2D eigenvalue weighted by atomic mass is 9.97. The highest BCUT2D eigenvalue weighted by atomic mass is 19.1. The Morgan fingerprint density at radius 2 is 2.00 bits per heavy atom. The van der Waals surface area contributed by atoms with E-state index >= 15 is 0 Å². The maximum Gasteiger partial charge on any atom is 0.250 e. The van der Waals surface area contributed by atoms with Crippen LogP contribution in [0.2, 0.25) is 0 Å². The standard InChI is InChI=1S/C25H25F2N3O2/c1-16-14-29(15-28-16)23-9-6-18(12-24(23)32-3)11-19-5-4-10-30(25(19)31)17(2)21-8-7-20(26)13-22(21)27/h6-9,11-15,17H,4-5,10H2,1-3H3/b19-11+/t17-/m1/s1. The second kappa shape index (κ2) is 8.94. The Labute approximate surface area is 186 Å². The highest BCUT2D eigenvalue weighted by molar-refractivity contribution is 5.98. The summed E-state index contributed by atoms with van der Waals surface area (Å²) >= 11 is 0. The summed E-state index contributed by atoms with van der Waals surface area (Å²) in [7, 11) is 1.60. The summed E-state index contributed by atoms with van der Waals surface area (Å²) in [4.78, 5) is 19.1. The number of halogens is 2. The maximum absolute atomic E-state index is 14.3. The number of rotatable bonds is 5. The number of carbonyl (C=O) groups is 1. The average Bonchev–Trinajstić information content (AvgIpc) is 3.20. The van der Waals surface area contributed by atoms with Crippen LogP contribution in [0.1, 0.15) is 42.6 Å². The normalized spacial score (nSPS) is 16.5. The molecule has 1 aromatic heterocycles. The van der Waals surface area contributed by atoms with Gasteiger partial charge in [-0.15, -0.1) is 0 Å². The Bertz CT molecular complexity index is 1190. The average molecular weight is 437 g/mol. The molecule has 1 fully saturated rings. The first-order chi connectivity index (χ1) is 15.4. The summed E-state index contributed by atoms with van der Waals surface area (Å²) < 4.78 is 35.0. The Balaban J connectivity index is 1.60. The topological polar surface area (TPSA) is 47.4 Å². The second-order valence-electron chi connectivity index (χ2n) is 7.97. The number of piperidine rings is 1. The molecular weight excluding hydrogens is 412 g/mol. The molecule has 3 aromatic rings. The van der Waals surface area contributed by atoms with Crippen LogP contribution < -0.4 is 4.74 Å². The number of hydrogen-bond donors (Lipinski definition) is 0. The Hall–Kier alpha value is -3.48. The zero-order valence-corrected chi connectivity index (χ0v) is 18.3. The molecule has 0 spiro atoms. The van der Waals surface area contributed by atoms with Gasteiger partial charge in [-0.25, -0.2) is 13.8 Å². The third-order valence-electron chi connectivity index (χ3n) is 5.80. The summed E-state index contributed by atoms with van der Waals surface area (Å²) in [5.41, 5.74) is 3.56. The first-order valence-electron chi connectivity index (χ1n) is 10.5. The van der Waals surface area contributed by atoms with Crippen molar-refractivity contribution in [1.29, 1.82) is 0 Å². The van der Waals surface area contributed by atoms with Crippen LogP contribution in [0.25, 0.3) is 11.8 Å². The summed E-state index contributed by atoms with van der Waals surface area (Å²) in [5.74, 6) is -0.747. The number of hydrogen-bond acceptors (Lipinski definition) is 3. The van der Waals surface area contributed by atoms with Crippen molar-refractivity contribution in [3.63, 3.8) is 0 Å². The molecule has 0 saturated carbocycles. The molecule has 0 aliphatic carbocycles. The van der Waals surface area contributed by atoms with E-state index in [0.29, 0.717) is 29.9 Å². The van der Waals surface area contributed by atoms with Gasteiger partial charge in [0.1, 0.15) is 17.4 Å². The Morgan fingerprint density at radius 1 is 1.19 bits per heavy atom. The molecule has 0 radical (unpaired) electrons. The minimum absolute atomic E-state index is 0.138. The predicted octanol–water partition coefficient (Wildman–Crippen LogP) is 5.23. The van der Waals surface area contributed by atoms with Crippen molar-refractivity contribution in [2.24, 2.45) is 0 Å². The van der Waals surface area contributed by atoms with Crippen molar-refractivity contribution in [2.75, 3.05) is 13.7 Å². The molecule has 1 aliphatic heterocycles. The molecule has 1 amide bonds. The van der Waals surface area contributed by atoms with Crippen LogP contribution in [0.15, 0.2) is 54.5 Å². The molecule has 0 N–H and O–H groups in total. The number of imidazole rings is 1. The lowest BCUT2D eigenvalue weighted by Crippen LogP contribution is -2.39. The van der Waals surface area contributed by atoms with Gasteiger partial charge in [0.15, 0.2) is 0 Å². The third kappa shape index (κ3) is 4.28. The number of aromatic nitrogens is 2. The fourth-order valence-corrected chi connectivity index (χ4v) is 4.10. The van der Waals surface area contributed by atoms with Gasteiger partial charge in [-0.05, 0) is 56.5 Å². The van der Waals surface area contributed by atoms with Crippen LogP contribution in [0.5, 0.6) is 5.75 Å². The summed E-state index contributed by atoms with van der Waals surface area (Å²) in [6.07, 6.45) is 6.90. The molecule has 4 rings (SSSR count). The van der Waals surface area contributed by atoms with Gasteiger partial charge < -0.3 is 14.2 Å². The van der Waals surface area contributed by atoms with Gasteiger partial charge in [-0.3, -0.25) is 4.79 Å². The summed E-state index contributed by atoms with van der Waals surface area (Å²) in [6.45, 7) is 4.21. The molecule has 166 valence electrons. The van der Waals surface area contributed by atoms with Crippen LogP contribution in [0.4, 0.5) is 8.78 Å². The second-order valence-corrected chi connectivity index (χ2v) is 7.97. The lowest BCUT2D eigenvalue weighted by molar-refractivity contribution is -0.130. The molecule has 32 heavy (non-hydrogen) atoms. The molecule has 1 atom stereocenters. The van der Waals surface area contributed by atoms with Gasteiger partial charge in [0.05, 0.1) is 30.9 Å². The van der Waals surface area contributed by atoms with Crippen molar-refractivity contribution in [3.8, 4) is 11.4 Å². The number of carbonyl (C=O) groups excluding carboxylic acids is 1. The number of aryl methyl sites for hydroxylation is 1. The minimum Gasteiger partial charge on any atom is -0.495 e. The molecule has 5 nitrogen and oxygen atoms in total. The predicted molar refractivity (Wildman–Crippen MR) is 119 cm³/mol. The van der Waals surface area contributed by atoms with Gasteiger partial charge in [0, 0.05) is 29.9 Å². The summed E-state index contributed by atoms with van der Waals surface area (Å²) in [5, 5.41) is 0. The molecule has 1 aliphatic rings. The number of methoxy groups -OCH3 is 1. The highest BCUT2D eigenvalue weighted by Crippen LogP contribution is 2.31. The first-order valence-corrected chi connectivity index (χ1v) is 10.5. The van der Waals surface area contributed by atoms with E-state index in [1.807, 2.05) is 42.0 Å². The zero-order valence-electron chi connectivity index (χ0n) is 18.3. The fraction of sp³-hybridized carbons (Fsp3) is 0.280. The highest BCUT2D eigenvalue weighted by Gasteiger charge is 2.29. The summed E-state index contributed by atoms with van der Waals surface area (Å²) in [6, 6.07) is 8.72. The van der Waals surface area contributed by atoms with Crippen molar-refractivity contribution in [1.82, 2.24) is 14.5 Å². The van der Waals surface area contributed by atoms with E-state index in [9.17, 15) is 13.6 Å². The van der Waals surface area contributed by atoms with Crippen molar-refractivity contribution in [3.05, 3.63) is 83.0 Å². The van der Waals surface area contributed by atoms with Gasteiger partial charge in [-0.1, -0.05) is 12.1 Å². The number of likely N-dealkylation sites (tertiary alicyclic amines) is 1. The molecule has 7 heteroatoms. The zero-order chi connectivity index (χ0) is 22.8. The Kier molecular flexibility index (Phi) is 6.08. The minimum atomic E-state index is -0.642. The number of ether oxygens (including phenoxy) is 1. The number of amides is 1.